The van der Waals surface area contributed by atoms with Crippen LogP contribution in [0.15, 0.2) is 18.3 Å². The summed E-state index contributed by atoms with van der Waals surface area (Å²) in [5, 5.41) is 9.17. The van der Waals surface area contributed by atoms with Crippen molar-refractivity contribution in [3.8, 4) is 5.88 Å². The monoisotopic (exact) mass is 278 g/mol. The van der Waals surface area contributed by atoms with E-state index < -0.39 is 11.4 Å². The normalized spacial score (nSPS) is 17.6. The number of rotatable bonds is 3. The summed E-state index contributed by atoms with van der Waals surface area (Å²) in [6.45, 7) is 2.63. The van der Waals surface area contributed by atoms with Gasteiger partial charge in [-0.1, -0.05) is 0 Å². The quantitative estimate of drug-likeness (QED) is 0.904. The van der Waals surface area contributed by atoms with E-state index in [0.29, 0.717) is 37.4 Å². The van der Waals surface area contributed by atoms with Crippen molar-refractivity contribution in [1.82, 2.24) is 9.88 Å². The zero-order valence-electron chi connectivity index (χ0n) is 11.6. The smallest absolute Gasteiger partial charge is 0.309 e. The largest absolute Gasteiger partial charge is 0.481 e. The van der Waals surface area contributed by atoms with Gasteiger partial charge in [0.1, 0.15) is 0 Å². The second-order valence-electron chi connectivity index (χ2n) is 5.25. The van der Waals surface area contributed by atoms with Gasteiger partial charge < -0.3 is 14.7 Å². The highest BCUT2D eigenvalue weighted by Gasteiger charge is 2.38. The number of aliphatic carboxylic acids is 1. The predicted octanol–water partition coefficient (Wildman–Crippen LogP) is 1.42. The summed E-state index contributed by atoms with van der Waals surface area (Å²) in [6.07, 6.45) is 2.42. The van der Waals surface area contributed by atoms with Crippen LogP contribution in [0, 0.1) is 5.41 Å². The number of carboxylic acid groups (broad SMARTS) is 1. The molecule has 1 aromatic rings. The van der Waals surface area contributed by atoms with Gasteiger partial charge in [0.15, 0.2) is 0 Å². The third-order valence-electron chi connectivity index (χ3n) is 3.86. The van der Waals surface area contributed by atoms with Crippen LogP contribution in [0.5, 0.6) is 5.88 Å². The summed E-state index contributed by atoms with van der Waals surface area (Å²) in [4.78, 5) is 29.1. The van der Waals surface area contributed by atoms with Gasteiger partial charge in [-0.3, -0.25) is 9.59 Å². The third-order valence-corrected chi connectivity index (χ3v) is 3.86. The summed E-state index contributed by atoms with van der Waals surface area (Å²) in [5.74, 6) is -0.457. The number of nitrogens with zero attached hydrogens (tertiary/aromatic N) is 2. The number of carbonyl (C=O) groups is 2. The van der Waals surface area contributed by atoms with Gasteiger partial charge in [-0.25, -0.2) is 4.98 Å². The average Bonchev–Trinajstić information content (AvgIpc) is 2.47. The van der Waals surface area contributed by atoms with E-state index in [4.69, 9.17) is 9.84 Å². The molecule has 2 rings (SSSR count). The number of ether oxygens (including phenoxy) is 1. The molecule has 6 nitrogen and oxygen atoms in total. The Kier molecular flexibility index (Phi) is 3.92. The molecule has 2 heterocycles. The lowest BCUT2D eigenvalue weighted by Crippen LogP contribution is -2.45. The van der Waals surface area contributed by atoms with E-state index in [9.17, 15) is 9.59 Å². The first-order valence-corrected chi connectivity index (χ1v) is 6.49. The molecule has 1 aliphatic heterocycles. The Balaban J connectivity index is 2.02. The molecule has 1 fully saturated rings. The number of carbonyl (C=O) groups excluding carboxylic acids is 1. The standard InChI is InChI=1S/C14H18N2O4/c1-14(13(18)19)5-7-16(8-6-14)12(17)10-3-4-11(20-2)15-9-10/h3-4,9H,5-8H2,1-2H3,(H,18,19). The molecule has 0 aromatic carbocycles. The van der Waals surface area contributed by atoms with Crippen LogP contribution in [-0.2, 0) is 4.79 Å². The zero-order valence-corrected chi connectivity index (χ0v) is 11.6. The Morgan fingerprint density at radius 3 is 2.45 bits per heavy atom. The van der Waals surface area contributed by atoms with E-state index in [1.807, 2.05) is 0 Å². The van der Waals surface area contributed by atoms with Gasteiger partial charge in [0.25, 0.3) is 5.91 Å². The Bertz CT molecular complexity index is 504. The van der Waals surface area contributed by atoms with Crippen molar-refractivity contribution < 1.29 is 19.4 Å². The topological polar surface area (TPSA) is 79.7 Å². The average molecular weight is 278 g/mol. The lowest BCUT2D eigenvalue weighted by molar-refractivity contribution is -0.150. The van der Waals surface area contributed by atoms with Crippen molar-refractivity contribution >= 4 is 11.9 Å². The van der Waals surface area contributed by atoms with E-state index in [2.05, 4.69) is 4.98 Å². The number of hydrogen-bond acceptors (Lipinski definition) is 4. The molecular weight excluding hydrogens is 260 g/mol. The fourth-order valence-corrected chi connectivity index (χ4v) is 2.23. The molecule has 6 heteroatoms. The molecule has 108 valence electrons. The molecule has 1 aliphatic rings. The molecule has 0 unspecified atom stereocenters. The SMILES string of the molecule is COc1ccc(C(=O)N2CCC(C)(C(=O)O)CC2)cn1. The molecule has 1 aromatic heterocycles. The maximum Gasteiger partial charge on any atom is 0.309 e. The fourth-order valence-electron chi connectivity index (χ4n) is 2.23. The summed E-state index contributed by atoms with van der Waals surface area (Å²) >= 11 is 0. The first kappa shape index (κ1) is 14.3. The van der Waals surface area contributed by atoms with Gasteiger partial charge in [-0.15, -0.1) is 0 Å². The van der Waals surface area contributed by atoms with Crippen molar-refractivity contribution in [2.75, 3.05) is 20.2 Å². The highest BCUT2D eigenvalue weighted by Crippen LogP contribution is 2.31. The minimum atomic E-state index is -0.796. The predicted molar refractivity (Wildman–Crippen MR) is 71.7 cm³/mol. The van der Waals surface area contributed by atoms with Crippen molar-refractivity contribution in [3.63, 3.8) is 0 Å². The molecule has 0 atom stereocenters. The van der Waals surface area contributed by atoms with Gasteiger partial charge in [0.05, 0.1) is 18.1 Å². The number of carboxylic acids is 1. The van der Waals surface area contributed by atoms with E-state index in [1.165, 1.54) is 13.3 Å². The van der Waals surface area contributed by atoms with Gasteiger partial charge >= 0.3 is 5.97 Å². The number of pyridine rings is 1. The first-order valence-electron chi connectivity index (χ1n) is 6.49. The second kappa shape index (κ2) is 5.48. The molecule has 20 heavy (non-hydrogen) atoms. The van der Waals surface area contributed by atoms with Crippen LogP contribution in [0.25, 0.3) is 0 Å². The molecule has 0 spiro atoms. The van der Waals surface area contributed by atoms with E-state index in [-0.39, 0.29) is 5.91 Å². The number of piperidine rings is 1. The van der Waals surface area contributed by atoms with Gasteiger partial charge in [0, 0.05) is 25.4 Å². The Morgan fingerprint density at radius 2 is 2.00 bits per heavy atom. The highest BCUT2D eigenvalue weighted by atomic mass is 16.5. The summed E-state index contributed by atoms with van der Waals surface area (Å²) < 4.78 is 4.95. The Morgan fingerprint density at radius 1 is 1.35 bits per heavy atom. The van der Waals surface area contributed by atoms with Gasteiger partial charge in [-0.05, 0) is 25.8 Å². The number of methoxy groups -OCH3 is 1. The molecule has 0 bridgehead atoms. The van der Waals surface area contributed by atoms with Gasteiger partial charge in [0.2, 0.25) is 5.88 Å². The molecule has 0 saturated carbocycles. The third kappa shape index (κ3) is 2.74. The van der Waals surface area contributed by atoms with Crippen LogP contribution in [-0.4, -0.2) is 47.1 Å². The Labute approximate surface area is 117 Å². The van der Waals surface area contributed by atoms with Crippen LogP contribution >= 0.6 is 0 Å². The maximum absolute atomic E-state index is 12.3. The summed E-state index contributed by atoms with van der Waals surface area (Å²) in [6, 6.07) is 3.30. The van der Waals surface area contributed by atoms with Gasteiger partial charge in [-0.2, -0.15) is 0 Å². The zero-order chi connectivity index (χ0) is 14.8. The highest BCUT2D eigenvalue weighted by molar-refractivity contribution is 5.94. The lowest BCUT2D eigenvalue weighted by atomic mass is 9.80. The van der Waals surface area contributed by atoms with Crippen molar-refractivity contribution in [1.29, 1.82) is 0 Å². The van der Waals surface area contributed by atoms with E-state index in [1.54, 1.807) is 24.0 Å². The minimum Gasteiger partial charge on any atom is -0.481 e. The van der Waals surface area contributed by atoms with Crippen LogP contribution in [0.1, 0.15) is 30.1 Å². The maximum atomic E-state index is 12.3. The summed E-state index contributed by atoms with van der Waals surface area (Å²) in [7, 11) is 1.52. The molecule has 0 radical (unpaired) electrons. The Hall–Kier alpha value is -2.11. The fraction of sp³-hybridized carbons (Fsp3) is 0.500. The molecule has 0 aliphatic carbocycles. The van der Waals surface area contributed by atoms with Crippen molar-refractivity contribution in [3.05, 3.63) is 23.9 Å². The van der Waals surface area contributed by atoms with E-state index >= 15 is 0 Å². The van der Waals surface area contributed by atoms with Crippen LogP contribution in [0.3, 0.4) is 0 Å². The molecular formula is C14H18N2O4. The molecule has 1 N–H and O–H groups in total. The molecule has 1 saturated heterocycles. The van der Waals surface area contributed by atoms with E-state index in [0.717, 1.165) is 0 Å². The van der Waals surface area contributed by atoms with Crippen LogP contribution in [0.2, 0.25) is 0 Å². The lowest BCUT2D eigenvalue weighted by Gasteiger charge is -2.36. The number of aromatic nitrogens is 1. The number of likely N-dealkylation sites (tertiary alicyclic amines) is 1. The minimum absolute atomic E-state index is 0.118. The van der Waals surface area contributed by atoms with Crippen molar-refractivity contribution in [2.24, 2.45) is 5.41 Å². The second-order valence-corrected chi connectivity index (χ2v) is 5.25. The molecule has 1 amide bonds. The van der Waals surface area contributed by atoms with Crippen LogP contribution in [0.4, 0.5) is 0 Å². The first-order chi connectivity index (χ1) is 9.46. The number of hydrogen-bond donors (Lipinski definition) is 1. The van der Waals surface area contributed by atoms with Crippen LogP contribution < -0.4 is 4.74 Å². The summed E-state index contributed by atoms with van der Waals surface area (Å²) in [5.41, 5.74) is -0.237. The number of amides is 1. The van der Waals surface area contributed by atoms with Crippen molar-refractivity contribution in [2.45, 2.75) is 19.8 Å².